The number of hydrogen-bond acceptors (Lipinski definition) is 0. The van der Waals surface area contributed by atoms with Crippen LogP contribution in [0.15, 0.2) is 97.1 Å². The SMILES string of the molecule is Cc1ccccc1C=Cc1cc2cc3ccccc3cc2cc1C=Cc1ccccc1C. The Morgan fingerprint density at radius 1 is 0.375 bits per heavy atom. The summed E-state index contributed by atoms with van der Waals surface area (Å²) >= 11 is 0. The number of benzene rings is 5. The summed E-state index contributed by atoms with van der Waals surface area (Å²) in [6.07, 6.45) is 8.94. The summed E-state index contributed by atoms with van der Waals surface area (Å²) in [6.45, 7) is 4.32. The van der Waals surface area contributed by atoms with Crippen molar-refractivity contribution in [3.63, 3.8) is 0 Å². The van der Waals surface area contributed by atoms with Crippen molar-refractivity contribution in [3.8, 4) is 0 Å². The first-order valence-electron chi connectivity index (χ1n) is 11.1. The third-order valence-corrected chi connectivity index (χ3v) is 6.17. The lowest BCUT2D eigenvalue weighted by atomic mass is 9.96. The molecule has 0 nitrogen and oxygen atoms in total. The van der Waals surface area contributed by atoms with E-state index in [0.717, 1.165) is 0 Å². The zero-order chi connectivity index (χ0) is 21.9. The molecule has 0 aromatic heterocycles. The molecule has 5 aromatic rings. The molecule has 0 atom stereocenters. The average Bonchev–Trinajstić information content (AvgIpc) is 2.81. The highest BCUT2D eigenvalue weighted by molar-refractivity contribution is 6.01. The van der Waals surface area contributed by atoms with Crippen molar-refractivity contribution in [1.29, 1.82) is 0 Å². The van der Waals surface area contributed by atoms with Gasteiger partial charge in [-0.3, -0.25) is 0 Å². The van der Waals surface area contributed by atoms with Gasteiger partial charge in [-0.25, -0.2) is 0 Å². The van der Waals surface area contributed by atoms with Gasteiger partial charge in [0.1, 0.15) is 0 Å². The summed E-state index contributed by atoms with van der Waals surface area (Å²) in [4.78, 5) is 0. The monoisotopic (exact) mass is 410 g/mol. The lowest BCUT2D eigenvalue weighted by Gasteiger charge is -2.09. The zero-order valence-electron chi connectivity index (χ0n) is 18.5. The Bertz CT molecular complexity index is 1370. The fourth-order valence-electron chi connectivity index (χ4n) is 4.22. The van der Waals surface area contributed by atoms with E-state index in [1.54, 1.807) is 0 Å². The second kappa shape index (κ2) is 8.69. The largest absolute Gasteiger partial charge is 0.0620 e. The van der Waals surface area contributed by atoms with Crippen molar-refractivity contribution < 1.29 is 0 Å². The Hall–Kier alpha value is -3.90. The maximum absolute atomic E-state index is 2.31. The second-order valence-corrected chi connectivity index (χ2v) is 8.41. The van der Waals surface area contributed by atoms with Gasteiger partial charge < -0.3 is 0 Å². The Morgan fingerprint density at radius 2 is 0.750 bits per heavy atom. The molecule has 0 N–H and O–H groups in total. The van der Waals surface area contributed by atoms with Crippen molar-refractivity contribution in [3.05, 3.63) is 130 Å². The van der Waals surface area contributed by atoms with E-state index in [1.807, 2.05) is 0 Å². The van der Waals surface area contributed by atoms with Crippen LogP contribution in [0.25, 0.3) is 45.8 Å². The zero-order valence-corrected chi connectivity index (χ0v) is 18.5. The highest BCUT2D eigenvalue weighted by atomic mass is 14.1. The highest BCUT2D eigenvalue weighted by Gasteiger charge is 2.04. The molecule has 0 heteroatoms. The Morgan fingerprint density at radius 3 is 1.19 bits per heavy atom. The van der Waals surface area contributed by atoms with E-state index >= 15 is 0 Å². The van der Waals surface area contributed by atoms with Crippen molar-refractivity contribution in [2.24, 2.45) is 0 Å². The molecule has 0 bridgehead atoms. The minimum Gasteiger partial charge on any atom is -0.0620 e. The summed E-state index contributed by atoms with van der Waals surface area (Å²) in [6, 6.07) is 34.8. The molecule has 0 aliphatic carbocycles. The van der Waals surface area contributed by atoms with Gasteiger partial charge >= 0.3 is 0 Å². The van der Waals surface area contributed by atoms with Crippen LogP contribution < -0.4 is 0 Å². The molecule has 0 unspecified atom stereocenters. The van der Waals surface area contributed by atoms with E-state index in [9.17, 15) is 0 Å². The van der Waals surface area contributed by atoms with Gasteiger partial charge in [-0.2, -0.15) is 0 Å². The normalized spacial score (nSPS) is 11.8. The lowest BCUT2D eigenvalue weighted by Crippen LogP contribution is -1.86. The Labute approximate surface area is 190 Å². The molecule has 5 aromatic carbocycles. The van der Waals surface area contributed by atoms with Crippen molar-refractivity contribution in [2.75, 3.05) is 0 Å². The molecule has 32 heavy (non-hydrogen) atoms. The standard InChI is InChI=1S/C32H26/c1-23-9-3-5-11-25(23)15-17-29-21-31-19-27-13-7-8-14-28(27)20-32(31)22-30(29)18-16-26-12-6-4-10-24(26)2/h3-22H,1-2H3. The molecule has 0 saturated heterocycles. The van der Waals surface area contributed by atoms with Gasteiger partial charge in [0.05, 0.1) is 0 Å². The van der Waals surface area contributed by atoms with Crippen LogP contribution in [0.2, 0.25) is 0 Å². The Kier molecular flexibility index (Phi) is 5.44. The quantitative estimate of drug-likeness (QED) is 0.205. The maximum atomic E-state index is 2.31. The van der Waals surface area contributed by atoms with Gasteiger partial charge in [0.15, 0.2) is 0 Å². The molecule has 0 saturated carbocycles. The van der Waals surface area contributed by atoms with Gasteiger partial charge in [-0.15, -0.1) is 0 Å². The molecule has 0 aliphatic rings. The molecule has 0 aliphatic heterocycles. The Balaban J connectivity index is 1.66. The molecule has 0 amide bonds. The third-order valence-electron chi connectivity index (χ3n) is 6.17. The number of rotatable bonds is 4. The first-order chi connectivity index (χ1) is 15.7. The fraction of sp³-hybridized carbons (Fsp3) is 0.0625. The smallest absolute Gasteiger partial charge is 0.0171 e. The molecular weight excluding hydrogens is 384 g/mol. The second-order valence-electron chi connectivity index (χ2n) is 8.41. The molecule has 5 rings (SSSR count). The van der Waals surface area contributed by atoms with Gasteiger partial charge in [-0.1, -0.05) is 97.1 Å². The van der Waals surface area contributed by atoms with E-state index in [1.165, 1.54) is 54.9 Å². The molecule has 154 valence electrons. The van der Waals surface area contributed by atoms with Gasteiger partial charge in [-0.05, 0) is 93.0 Å². The summed E-state index contributed by atoms with van der Waals surface area (Å²) < 4.78 is 0. The van der Waals surface area contributed by atoms with Crippen LogP contribution in [0.4, 0.5) is 0 Å². The minimum absolute atomic E-state index is 1.22. The average molecular weight is 411 g/mol. The van der Waals surface area contributed by atoms with Crippen LogP contribution in [0, 0.1) is 13.8 Å². The topological polar surface area (TPSA) is 0 Å². The molecular formula is C32H26. The minimum atomic E-state index is 1.22. The number of hydrogen-bond donors (Lipinski definition) is 0. The summed E-state index contributed by atoms with van der Waals surface area (Å²) in [5, 5.41) is 5.08. The fourth-order valence-corrected chi connectivity index (χ4v) is 4.22. The van der Waals surface area contributed by atoms with Crippen LogP contribution in [0.5, 0.6) is 0 Å². The highest BCUT2D eigenvalue weighted by Crippen LogP contribution is 2.28. The van der Waals surface area contributed by atoms with E-state index in [2.05, 4.69) is 135 Å². The lowest BCUT2D eigenvalue weighted by molar-refractivity contribution is 1.44. The number of fused-ring (bicyclic) bond motifs is 2. The maximum Gasteiger partial charge on any atom is -0.0171 e. The van der Waals surface area contributed by atoms with Crippen molar-refractivity contribution in [2.45, 2.75) is 13.8 Å². The molecule has 0 fully saturated rings. The van der Waals surface area contributed by atoms with Crippen LogP contribution in [-0.2, 0) is 0 Å². The van der Waals surface area contributed by atoms with Crippen LogP contribution in [0.3, 0.4) is 0 Å². The molecule has 0 spiro atoms. The molecule has 0 heterocycles. The van der Waals surface area contributed by atoms with E-state index in [0.29, 0.717) is 0 Å². The first kappa shape index (κ1) is 20.0. The van der Waals surface area contributed by atoms with E-state index in [-0.39, 0.29) is 0 Å². The summed E-state index contributed by atoms with van der Waals surface area (Å²) in [5.74, 6) is 0. The van der Waals surface area contributed by atoms with E-state index in [4.69, 9.17) is 0 Å². The van der Waals surface area contributed by atoms with Crippen molar-refractivity contribution >= 4 is 45.8 Å². The van der Waals surface area contributed by atoms with Gasteiger partial charge in [0.25, 0.3) is 0 Å². The van der Waals surface area contributed by atoms with E-state index < -0.39 is 0 Å². The predicted molar refractivity (Wildman–Crippen MR) is 142 cm³/mol. The van der Waals surface area contributed by atoms with Crippen LogP contribution in [0.1, 0.15) is 33.4 Å². The van der Waals surface area contributed by atoms with Crippen LogP contribution in [-0.4, -0.2) is 0 Å². The summed E-state index contributed by atoms with van der Waals surface area (Å²) in [5.41, 5.74) is 7.52. The first-order valence-corrected chi connectivity index (χ1v) is 11.1. The number of aryl methyl sites for hydroxylation is 2. The third kappa shape index (κ3) is 4.13. The molecule has 0 radical (unpaired) electrons. The predicted octanol–water partition coefficient (Wildman–Crippen LogP) is 8.95. The van der Waals surface area contributed by atoms with Crippen LogP contribution >= 0.6 is 0 Å². The van der Waals surface area contributed by atoms with Crippen molar-refractivity contribution in [1.82, 2.24) is 0 Å². The summed E-state index contributed by atoms with van der Waals surface area (Å²) in [7, 11) is 0. The van der Waals surface area contributed by atoms with Gasteiger partial charge in [0.2, 0.25) is 0 Å². The van der Waals surface area contributed by atoms with Gasteiger partial charge in [0, 0.05) is 0 Å².